The van der Waals surface area contributed by atoms with Crippen LogP contribution in [0.3, 0.4) is 0 Å². The van der Waals surface area contributed by atoms with E-state index in [9.17, 15) is 9.59 Å². The molecule has 0 saturated carbocycles. The van der Waals surface area contributed by atoms with Crippen molar-refractivity contribution < 1.29 is 33.3 Å². The number of nitrogens with zero attached hydrogens (tertiary/aromatic N) is 1. The maximum absolute atomic E-state index is 11.5. The quantitative estimate of drug-likeness (QED) is 0.131. The second-order valence-corrected chi connectivity index (χ2v) is 9.34. The van der Waals surface area contributed by atoms with E-state index < -0.39 is 5.97 Å². The number of rotatable bonds is 13. The number of hydrogen-bond donors (Lipinski definition) is 0. The Bertz CT molecular complexity index is 1540. The molecular weight excluding hydrogens is 546 g/mol. The Morgan fingerprint density at radius 3 is 2.44 bits per heavy atom. The number of aromatic nitrogens is 1. The molecule has 1 aromatic heterocycles. The van der Waals surface area contributed by atoms with Crippen LogP contribution in [0.4, 0.5) is 0 Å². The minimum absolute atomic E-state index is 0.175. The van der Waals surface area contributed by atoms with Gasteiger partial charge in [-0.1, -0.05) is 54.1 Å². The smallest absolute Gasteiger partial charge is 0.343 e. The number of hydrogen-bond acceptors (Lipinski definition) is 8. The van der Waals surface area contributed by atoms with Crippen LogP contribution in [0, 0.1) is 0 Å². The topological polar surface area (TPSA) is 93.2 Å². The van der Waals surface area contributed by atoms with Crippen molar-refractivity contribution >= 4 is 46.6 Å². The number of methoxy groups -OCH3 is 2. The lowest BCUT2D eigenvalue weighted by Crippen LogP contribution is -2.13. The van der Waals surface area contributed by atoms with Gasteiger partial charge in [-0.25, -0.2) is 9.78 Å². The van der Waals surface area contributed by atoms with E-state index in [4.69, 9.17) is 30.5 Å². The highest BCUT2D eigenvalue weighted by molar-refractivity contribution is 6.31. The molecule has 41 heavy (non-hydrogen) atoms. The average molecular weight is 576 g/mol. The van der Waals surface area contributed by atoms with Gasteiger partial charge in [-0.15, -0.1) is 0 Å². The van der Waals surface area contributed by atoms with E-state index in [2.05, 4.69) is 9.72 Å². The Hall–Kier alpha value is -4.56. The monoisotopic (exact) mass is 575 g/mol. The van der Waals surface area contributed by atoms with Gasteiger partial charge in [0.15, 0.2) is 18.1 Å². The van der Waals surface area contributed by atoms with E-state index >= 15 is 0 Å². The second-order valence-electron chi connectivity index (χ2n) is 8.90. The Morgan fingerprint density at radius 1 is 0.805 bits per heavy atom. The molecule has 0 amide bonds. The molecule has 0 atom stereocenters. The van der Waals surface area contributed by atoms with E-state index in [1.165, 1.54) is 14.2 Å². The fraction of sp³-hybridized carbons (Fsp3) is 0.219. The molecule has 3 aromatic carbocycles. The van der Waals surface area contributed by atoms with Gasteiger partial charge < -0.3 is 23.7 Å². The molecule has 4 rings (SSSR count). The normalized spacial score (nSPS) is 10.9. The number of para-hydroxylation sites is 1. The highest BCUT2D eigenvalue weighted by atomic mass is 35.5. The van der Waals surface area contributed by atoms with E-state index in [-0.39, 0.29) is 25.6 Å². The molecular formula is C32H30ClNO7. The maximum atomic E-state index is 11.5. The van der Waals surface area contributed by atoms with Crippen LogP contribution < -0.4 is 14.2 Å². The number of carbonyl (C=O) groups is 2. The van der Waals surface area contributed by atoms with Crippen molar-refractivity contribution in [1.29, 1.82) is 0 Å². The van der Waals surface area contributed by atoms with Crippen LogP contribution >= 0.6 is 11.6 Å². The van der Waals surface area contributed by atoms with Gasteiger partial charge in [0.05, 0.1) is 32.0 Å². The van der Waals surface area contributed by atoms with Gasteiger partial charge in [-0.3, -0.25) is 4.79 Å². The fourth-order valence-electron chi connectivity index (χ4n) is 3.86. The number of benzene rings is 3. The first-order chi connectivity index (χ1) is 19.9. The summed E-state index contributed by atoms with van der Waals surface area (Å²) in [6.45, 7) is 0.265. The summed E-state index contributed by atoms with van der Waals surface area (Å²) in [4.78, 5) is 27.7. The minimum Gasteiger partial charge on any atom is -0.490 e. The summed E-state index contributed by atoms with van der Waals surface area (Å²) < 4.78 is 27.1. The number of halogens is 1. The first-order valence-electron chi connectivity index (χ1n) is 12.9. The number of carbonyl (C=O) groups excluding carboxylic acids is 2. The summed E-state index contributed by atoms with van der Waals surface area (Å²) in [7, 11) is 2.66. The molecule has 9 heteroatoms. The average Bonchev–Trinajstić information content (AvgIpc) is 3.00. The second kappa shape index (κ2) is 14.7. The Kier molecular flexibility index (Phi) is 10.6. The molecule has 0 radical (unpaired) electrons. The third kappa shape index (κ3) is 8.71. The minimum atomic E-state index is -0.477. The summed E-state index contributed by atoms with van der Waals surface area (Å²) in [6, 6.07) is 22.4. The van der Waals surface area contributed by atoms with Crippen LogP contribution in [-0.2, 0) is 25.7 Å². The van der Waals surface area contributed by atoms with Gasteiger partial charge in [0.2, 0.25) is 0 Å². The van der Waals surface area contributed by atoms with Crippen LogP contribution in [0.25, 0.3) is 23.1 Å². The SMILES string of the molecule is COC(=O)CCCOc1cc(C=Cc2ccc3ccc(Cl)cc3n2)ccc1OCc1ccccc1OCC(=O)OC. The maximum Gasteiger partial charge on any atom is 0.343 e. The molecule has 212 valence electrons. The molecule has 1 heterocycles. The fourth-order valence-corrected chi connectivity index (χ4v) is 4.02. The lowest BCUT2D eigenvalue weighted by molar-refractivity contribution is -0.143. The molecule has 0 spiro atoms. The van der Waals surface area contributed by atoms with Crippen LogP contribution in [0.2, 0.25) is 5.02 Å². The first kappa shape index (κ1) is 29.4. The standard InChI is InChI=1S/C32H30ClNO7/c1-37-31(35)8-5-17-39-30-18-22(9-14-26-15-12-23-11-13-25(33)19-27(23)34-26)10-16-29(30)40-20-24-6-3-4-7-28(24)41-21-32(36)38-2/h3-4,6-7,9-16,18-19H,5,8,17,20-21H2,1-2H3. The number of pyridine rings is 1. The predicted octanol–water partition coefficient (Wildman–Crippen LogP) is 6.52. The Morgan fingerprint density at radius 2 is 1.61 bits per heavy atom. The zero-order valence-corrected chi connectivity index (χ0v) is 23.6. The summed E-state index contributed by atoms with van der Waals surface area (Å²) in [5.41, 5.74) is 3.22. The molecule has 8 nitrogen and oxygen atoms in total. The Balaban J connectivity index is 1.51. The number of ether oxygens (including phenoxy) is 5. The van der Waals surface area contributed by atoms with Crippen LogP contribution in [0.5, 0.6) is 17.2 Å². The van der Waals surface area contributed by atoms with Crippen molar-refractivity contribution in [3.05, 3.63) is 94.6 Å². The third-order valence-corrected chi connectivity index (χ3v) is 6.26. The summed E-state index contributed by atoms with van der Waals surface area (Å²) in [5.74, 6) is 0.774. The Labute approximate surface area is 243 Å². The van der Waals surface area contributed by atoms with Gasteiger partial charge in [0, 0.05) is 22.4 Å². The van der Waals surface area contributed by atoms with Crippen molar-refractivity contribution in [2.75, 3.05) is 27.4 Å². The van der Waals surface area contributed by atoms with Crippen LogP contribution in [0.1, 0.15) is 29.7 Å². The zero-order valence-electron chi connectivity index (χ0n) is 22.8. The lowest BCUT2D eigenvalue weighted by atomic mass is 10.1. The molecule has 0 aliphatic rings. The summed E-state index contributed by atoms with van der Waals surface area (Å²) >= 11 is 6.13. The highest BCUT2D eigenvalue weighted by Gasteiger charge is 2.11. The molecule has 0 aliphatic heterocycles. The van der Waals surface area contributed by atoms with Gasteiger partial charge >= 0.3 is 11.9 Å². The van der Waals surface area contributed by atoms with E-state index in [0.717, 1.165) is 27.7 Å². The largest absolute Gasteiger partial charge is 0.490 e. The zero-order chi connectivity index (χ0) is 29.0. The van der Waals surface area contributed by atoms with Crippen molar-refractivity contribution in [3.63, 3.8) is 0 Å². The van der Waals surface area contributed by atoms with Crippen molar-refractivity contribution in [2.24, 2.45) is 0 Å². The molecule has 0 unspecified atom stereocenters. The van der Waals surface area contributed by atoms with Crippen LogP contribution in [-0.4, -0.2) is 44.4 Å². The van der Waals surface area contributed by atoms with Gasteiger partial charge in [0.25, 0.3) is 0 Å². The lowest BCUT2D eigenvalue weighted by Gasteiger charge is -2.15. The third-order valence-electron chi connectivity index (χ3n) is 6.03. The highest BCUT2D eigenvalue weighted by Crippen LogP contribution is 2.31. The first-order valence-corrected chi connectivity index (χ1v) is 13.3. The predicted molar refractivity (Wildman–Crippen MR) is 157 cm³/mol. The summed E-state index contributed by atoms with van der Waals surface area (Å²) in [6.07, 6.45) is 4.57. The van der Waals surface area contributed by atoms with Gasteiger partial charge in [-0.2, -0.15) is 0 Å². The van der Waals surface area contributed by atoms with Crippen molar-refractivity contribution in [1.82, 2.24) is 4.98 Å². The van der Waals surface area contributed by atoms with E-state index in [1.807, 2.05) is 78.9 Å². The number of fused-ring (bicyclic) bond motifs is 1. The molecule has 0 N–H and O–H groups in total. The number of esters is 2. The van der Waals surface area contributed by atoms with Gasteiger partial charge in [0.1, 0.15) is 12.4 Å². The molecule has 0 saturated heterocycles. The molecule has 4 aromatic rings. The molecule has 0 bridgehead atoms. The van der Waals surface area contributed by atoms with Crippen molar-refractivity contribution in [2.45, 2.75) is 19.4 Å². The van der Waals surface area contributed by atoms with Gasteiger partial charge in [-0.05, 0) is 54.5 Å². The van der Waals surface area contributed by atoms with Crippen molar-refractivity contribution in [3.8, 4) is 17.2 Å². The van der Waals surface area contributed by atoms with E-state index in [1.54, 1.807) is 6.07 Å². The molecule has 0 aliphatic carbocycles. The van der Waals surface area contributed by atoms with E-state index in [0.29, 0.717) is 35.3 Å². The van der Waals surface area contributed by atoms with Crippen LogP contribution in [0.15, 0.2) is 72.8 Å². The molecule has 0 fully saturated rings. The summed E-state index contributed by atoms with van der Waals surface area (Å²) in [5, 5.41) is 1.64.